The van der Waals surface area contributed by atoms with Crippen LogP contribution in [0, 0.1) is 6.92 Å². The van der Waals surface area contributed by atoms with Crippen LogP contribution in [0.3, 0.4) is 0 Å². The number of rotatable bonds is 7. The minimum absolute atomic E-state index is 0.112. The normalized spacial score (nSPS) is 10.3. The van der Waals surface area contributed by atoms with Crippen LogP contribution in [0.15, 0.2) is 42.6 Å². The van der Waals surface area contributed by atoms with Crippen molar-refractivity contribution in [1.82, 2.24) is 10.3 Å². The minimum Gasteiger partial charge on any atom is -0.354 e. The maximum Gasteiger partial charge on any atom is 0.269 e. The van der Waals surface area contributed by atoms with Crippen molar-refractivity contribution in [2.75, 3.05) is 11.9 Å². The van der Waals surface area contributed by atoms with Crippen LogP contribution in [0.5, 0.6) is 0 Å². The number of benzene rings is 1. The van der Waals surface area contributed by atoms with Gasteiger partial charge in [-0.3, -0.25) is 4.79 Å². The van der Waals surface area contributed by atoms with Crippen molar-refractivity contribution in [3.8, 4) is 0 Å². The summed E-state index contributed by atoms with van der Waals surface area (Å²) in [6, 6.07) is 11.7. The zero-order valence-electron chi connectivity index (χ0n) is 13.2. The molecule has 0 aliphatic rings. The van der Waals surface area contributed by atoms with Crippen molar-refractivity contribution in [2.24, 2.45) is 0 Å². The van der Waals surface area contributed by atoms with Crippen LogP contribution in [0.2, 0.25) is 0 Å². The molecule has 116 valence electrons. The number of anilines is 2. The lowest BCUT2D eigenvalue weighted by Crippen LogP contribution is -2.25. The second-order valence-corrected chi connectivity index (χ2v) is 5.34. The van der Waals surface area contributed by atoms with Gasteiger partial charge < -0.3 is 10.6 Å². The molecule has 0 saturated heterocycles. The molecule has 1 aromatic heterocycles. The first-order valence-corrected chi connectivity index (χ1v) is 7.77. The average molecular weight is 297 g/mol. The van der Waals surface area contributed by atoms with E-state index in [9.17, 15) is 4.79 Å². The molecule has 0 bridgehead atoms. The molecule has 0 spiro atoms. The van der Waals surface area contributed by atoms with Gasteiger partial charge in [-0.25, -0.2) is 4.98 Å². The van der Waals surface area contributed by atoms with E-state index in [4.69, 9.17) is 0 Å². The number of aromatic nitrogens is 1. The Morgan fingerprint density at radius 1 is 1.14 bits per heavy atom. The molecule has 2 aromatic rings. The van der Waals surface area contributed by atoms with E-state index >= 15 is 0 Å². The van der Waals surface area contributed by atoms with Gasteiger partial charge in [0.05, 0.1) is 11.9 Å². The Labute approximate surface area is 132 Å². The number of nitrogens with one attached hydrogen (secondary N) is 2. The number of amides is 1. The maximum atomic E-state index is 11.9. The zero-order chi connectivity index (χ0) is 15.8. The molecule has 2 rings (SSSR count). The van der Waals surface area contributed by atoms with Crippen LogP contribution in [0.4, 0.5) is 11.4 Å². The Bertz CT molecular complexity index is 608. The topological polar surface area (TPSA) is 54.0 Å². The number of carbonyl (C=O) groups excluding carboxylic acids is 1. The molecule has 0 aliphatic carbocycles. The molecule has 1 heterocycles. The zero-order valence-corrected chi connectivity index (χ0v) is 13.2. The second-order valence-electron chi connectivity index (χ2n) is 5.34. The molecule has 1 amide bonds. The van der Waals surface area contributed by atoms with E-state index in [2.05, 4.69) is 22.5 Å². The highest BCUT2D eigenvalue weighted by Crippen LogP contribution is 2.19. The fourth-order valence-corrected chi connectivity index (χ4v) is 2.14. The number of pyridine rings is 1. The van der Waals surface area contributed by atoms with Crippen LogP contribution >= 0.6 is 0 Å². The van der Waals surface area contributed by atoms with E-state index in [1.807, 2.05) is 37.3 Å². The number of hydrogen-bond acceptors (Lipinski definition) is 3. The fraction of sp³-hybridized carbons (Fsp3) is 0.333. The lowest BCUT2D eigenvalue weighted by atomic mass is 10.2. The van der Waals surface area contributed by atoms with E-state index in [1.54, 1.807) is 12.3 Å². The van der Waals surface area contributed by atoms with E-state index < -0.39 is 0 Å². The maximum absolute atomic E-state index is 11.9. The van der Waals surface area contributed by atoms with Gasteiger partial charge in [0.15, 0.2) is 0 Å². The molecule has 0 fully saturated rings. The molecular weight excluding hydrogens is 274 g/mol. The Morgan fingerprint density at radius 2 is 1.95 bits per heavy atom. The van der Waals surface area contributed by atoms with Crippen LogP contribution in [0.25, 0.3) is 0 Å². The number of nitrogens with zero attached hydrogens (tertiary/aromatic N) is 1. The van der Waals surface area contributed by atoms with Gasteiger partial charge in [0.25, 0.3) is 5.91 Å². The van der Waals surface area contributed by atoms with Gasteiger partial charge >= 0.3 is 0 Å². The van der Waals surface area contributed by atoms with Gasteiger partial charge in [0.2, 0.25) is 0 Å². The summed E-state index contributed by atoms with van der Waals surface area (Å²) in [5.74, 6) is -0.112. The largest absolute Gasteiger partial charge is 0.354 e. The average Bonchev–Trinajstić information content (AvgIpc) is 2.54. The van der Waals surface area contributed by atoms with Crippen LogP contribution < -0.4 is 10.6 Å². The number of carbonyl (C=O) groups is 1. The molecule has 0 radical (unpaired) electrons. The summed E-state index contributed by atoms with van der Waals surface area (Å²) in [6.45, 7) is 4.90. The smallest absolute Gasteiger partial charge is 0.269 e. The molecule has 0 aliphatic heterocycles. The van der Waals surface area contributed by atoms with Crippen LogP contribution in [-0.2, 0) is 0 Å². The third-order valence-corrected chi connectivity index (χ3v) is 3.49. The number of para-hydroxylation sites is 1. The standard InChI is InChI=1S/C18H23N3O/c1-3-4-7-12-19-18(22)17-11-10-15(13-20-17)21-16-9-6-5-8-14(16)2/h5-6,8-11,13,21H,3-4,7,12H2,1-2H3,(H,19,22). The fourth-order valence-electron chi connectivity index (χ4n) is 2.14. The van der Waals surface area contributed by atoms with E-state index in [1.165, 1.54) is 5.56 Å². The lowest BCUT2D eigenvalue weighted by Gasteiger charge is -2.09. The summed E-state index contributed by atoms with van der Waals surface area (Å²) in [6.07, 6.45) is 4.98. The van der Waals surface area contributed by atoms with Crippen molar-refractivity contribution in [3.05, 3.63) is 53.9 Å². The van der Waals surface area contributed by atoms with Crippen molar-refractivity contribution in [3.63, 3.8) is 0 Å². The Hall–Kier alpha value is -2.36. The van der Waals surface area contributed by atoms with E-state index in [-0.39, 0.29) is 5.91 Å². The Balaban J connectivity index is 1.92. The van der Waals surface area contributed by atoms with Gasteiger partial charge in [-0.05, 0) is 37.1 Å². The SMILES string of the molecule is CCCCCNC(=O)c1ccc(Nc2ccccc2C)cn1. The Morgan fingerprint density at radius 3 is 2.64 bits per heavy atom. The van der Waals surface area contributed by atoms with Crippen LogP contribution in [-0.4, -0.2) is 17.4 Å². The summed E-state index contributed by atoms with van der Waals surface area (Å²) >= 11 is 0. The molecule has 4 heteroatoms. The molecule has 0 saturated carbocycles. The Kier molecular flexibility index (Phi) is 5.95. The third kappa shape index (κ3) is 4.58. The van der Waals surface area contributed by atoms with Gasteiger partial charge in [-0.1, -0.05) is 38.0 Å². The lowest BCUT2D eigenvalue weighted by molar-refractivity contribution is 0.0948. The molecule has 4 nitrogen and oxygen atoms in total. The number of aryl methyl sites for hydroxylation is 1. The van der Waals surface area contributed by atoms with Gasteiger partial charge in [0.1, 0.15) is 5.69 Å². The molecular formula is C18H23N3O. The number of unbranched alkanes of at least 4 members (excludes halogenated alkanes) is 2. The third-order valence-electron chi connectivity index (χ3n) is 3.49. The number of hydrogen-bond donors (Lipinski definition) is 2. The predicted molar refractivity (Wildman–Crippen MR) is 90.6 cm³/mol. The summed E-state index contributed by atoms with van der Waals surface area (Å²) < 4.78 is 0. The molecule has 0 unspecified atom stereocenters. The summed E-state index contributed by atoms with van der Waals surface area (Å²) in [4.78, 5) is 16.2. The molecule has 1 aromatic carbocycles. The van der Waals surface area contributed by atoms with E-state index in [0.717, 1.165) is 30.6 Å². The molecule has 22 heavy (non-hydrogen) atoms. The van der Waals surface area contributed by atoms with E-state index in [0.29, 0.717) is 12.2 Å². The first-order chi connectivity index (χ1) is 10.7. The molecule has 0 atom stereocenters. The minimum atomic E-state index is -0.112. The predicted octanol–water partition coefficient (Wildman–Crippen LogP) is 4.05. The first-order valence-electron chi connectivity index (χ1n) is 7.77. The van der Waals surface area contributed by atoms with Crippen molar-refractivity contribution >= 4 is 17.3 Å². The highest BCUT2D eigenvalue weighted by atomic mass is 16.1. The summed E-state index contributed by atoms with van der Waals surface area (Å²) in [5, 5.41) is 6.19. The highest BCUT2D eigenvalue weighted by Gasteiger charge is 2.06. The first kappa shape index (κ1) is 16.0. The highest BCUT2D eigenvalue weighted by molar-refractivity contribution is 5.92. The molecule has 2 N–H and O–H groups in total. The van der Waals surface area contributed by atoms with Crippen molar-refractivity contribution in [1.29, 1.82) is 0 Å². The van der Waals surface area contributed by atoms with Gasteiger partial charge in [-0.15, -0.1) is 0 Å². The summed E-state index contributed by atoms with van der Waals surface area (Å²) in [5.41, 5.74) is 3.53. The van der Waals surface area contributed by atoms with Gasteiger partial charge in [0, 0.05) is 12.2 Å². The van der Waals surface area contributed by atoms with Crippen LogP contribution in [0.1, 0.15) is 42.2 Å². The van der Waals surface area contributed by atoms with Crippen molar-refractivity contribution < 1.29 is 4.79 Å². The summed E-state index contributed by atoms with van der Waals surface area (Å²) in [7, 11) is 0. The second kappa shape index (κ2) is 8.17. The van der Waals surface area contributed by atoms with Crippen molar-refractivity contribution in [2.45, 2.75) is 33.1 Å². The quantitative estimate of drug-likeness (QED) is 0.758. The van der Waals surface area contributed by atoms with Gasteiger partial charge in [-0.2, -0.15) is 0 Å². The monoisotopic (exact) mass is 297 g/mol.